The Kier molecular flexibility index (Phi) is 2.28. The topological polar surface area (TPSA) is 38.3 Å². The minimum atomic E-state index is -0.0877. The third kappa shape index (κ3) is 1.70. The van der Waals surface area contributed by atoms with Crippen molar-refractivity contribution in [2.24, 2.45) is 5.41 Å². The number of nitrogens with one attached hydrogen (secondary N) is 1. The van der Waals surface area contributed by atoms with E-state index in [2.05, 4.69) is 12.2 Å². The first-order valence-electron chi connectivity index (χ1n) is 5.09. The molecule has 1 N–H and O–H groups in total. The average molecular weight is 183 g/mol. The minimum absolute atomic E-state index is 0.0877. The van der Waals surface area contributed by atoms with Gasteiger partial charge in [-0.1, -0.05) is 19.8 Å². The van der Waals surface area contributed by atoms with Crippen LogP contribution in [0.15, 0.2) is 0 Å². The van der Waals surface area contributed by atoms with Gasteiger partial charge in [-0.25, -0.2) is 0 Å². The second-order valence-corrected chi connectivity index (χ2v) is 4.48. The lowest BCUT2D eigenvalue weighted by Gasteiger charge is -2.31. The molecular formula is C10H17NO2. The first kappa shape index (κ1) is 9.00. The fraction of sp³-hybridized carbons (Fsp3) is 0.900. The summed E-state index contributed by atoms with van der Waals surface area (Å²) in [5, 5.41) is 3.03. The van der Waals surface area contributed by atoms with Crippen LogP contribution in [-0.2, 0) is 9.53 Å². The highest BCUT2D eigenvalue weighted by atomic mass is 16.5. The van der Waals surface area contributed by atoms with Crippen LogP contribution in [0.5, 0.6) is 0 Å². The van der Waals surface area contributed by atoms with Crippen molar-refractivity contribution in [3.05, 3.63) is 0 Å². The number of rotatable bonds is 2. The van der Waals surface area contributed by atoms with Crippen molar-refractivity contribution in [3.8, 4) is 0 Å². The summed E-state index contributed by atoms with van der Waals surface area (Å²) >= 11 is 0. The quantitative estimate of drug-likeness (QED) is 0.695. The van der Waals surface area contributed by atoms with Crippen LogP contribution in [0.2, 0.25) is 0 Å². The van der Waals surface area contributed by atoms with E-state index in [1.807, 2.05) is 0 Å². The van der Waals surface area contributed by atoms with Crippen LogP contribution in [0.4, 0.5) is 0 Å². The summed E-state index contributed by atoms with van der Waals surface area (Å²) in [6, 6.07) is 0.282. The molecule has 1 saturated heterocycles. The zero-order valence-electron chi connectivity index (χ0n) is 8.14. The number of carbonyl (C=O) groups is 1. The Balaban J connectivity index is 1.87. The molecule has 0 radical (unpaired) electrons. The van der Waals surface area contributed by atoms with Gasteiger partial charge >= 0.3 is 0 Å². The molecule has 0 atom stereocenters. The van der Waals surface area contributed by atoms with Gasteiger partial charge in [0.2, 0.25) is 5.91 Å². The summed E-state index contributed by atoms with van der Waals surface area (Å²) in [6.07, 6.45) is 4.50. The number of ether oxygens (including phenoxy) is 1. The Labute approximate surface area is 78.8 Å². The molecule has 13 heavy (non-hydrogen) atoms. The van der Waals surface area contributed by atoms with E-state index in [1.54, 1.807) is 0 Å². The van der Waals surface area contributed by atoms with Crippen molar-refractivity contribution < 1.29 is 9.53 Å². The highest BCUT2D eigenvalue weighted by molar-refractivity contribution is 5.82. The maximum atomic E-state index is 11.8. The van der Waals surface area contributed by atoms with E-state index in [1.165, 1.54) is 12.8 Å². The summed E-state index contributed by atoms with van der Waals surface area (Å²) < 4.78 is 5.02. The third-order valence-corrected chi connectivity index (χ3v) is 3.23. The molecule has 0 bridgehead atoms. The SMILES string of the molecule is CC1(C(=O)NC2COC2)CCCC1. The Morgan fingerprint density at radius 2 is 2.00 bits per heavy atom. The van der Waals surface area contributed by atoms with Crippen molar-refractivity contribution in [1.29, 1.82) is 0 Å². The van der Waals surface area contributed by atoms with E-state index in [9.17, 15) is 4.79 Å². The van der Waals surface area contributed by atoms with Crippen LogP contribution >= 0.6 is 0 Å². The molecule has 1 saturated carbocycles. The zero-order chi connectivity index (χ0) is 9.31. The van der Waals surface area contributed by atoms with Gasteiger partial charge < -0.3 is 10.1 Å². The normalized spacial score (nSPS) is 26.8. The molecule has 2 rings (SSSR count). The van der Waals surface area contributed by atoms with E-state index in [0.717, 1.165) is 12.8 Å². The maximum Gasteiger partial charge on any atom is 0.226 e. The molecule has 0 unspecified atom stereocenters. The van der Waals surface area contributed by atoms with E-state index in [0.29, 0.717) is 13.2 Å². The number of hydrogen-bond donors (Lipinski definition) is 1. The summed E-state index contributed by atoms with van der Waals surface area (Å²) in [4.78, 5) is 11.8. The maximum absolute atomic E-state index is 11.8. The van der Waals surface area contributed by atoms with E-state index >= 15 is 0 Å². The van der Waals surface area contributed by atoms with E-state index < -0.39 is 0 Å². The van der Waals surface area contributed by atoms with Crippen molar-refractivity contribution in [3.63, 3.8) is 0 Å². The van der Waals surface area contributed by atoms with Crippen LogP contribution in [0.1, 0.15) is 32.6 Å². The molecule has 1 heterocycles. The van der Waals surface area contributed by atoms with Gasteiger partial charge in [0.05, 0.1) is 19.3 Å². The zero-order valence-corrected chi connectivity index (χ0v) is 8.14. The summed E-state index contributed by atoms with van der Waals surface area (Å²) in [5.74, 6) is 0.235. The van der Waals surface area contributed by atoms with Crippen molar-refractivity contribution >= 4 is 5.91 Å². The van der Waals surface area contributed by atoms with Crippen LogP contribution < -0.4 is 5.32 Å². The van der Waals surface area contributed by atoms with E-state index in [-0.39, 0.29) is 17.4 Å². The van der Waals surface area contributed by atoms with Gasteiger partial charge in [0.1, 0.15) is 0 Å². The number of hydrogen-bond acceptors (Lipinski definition) is 2. The lowest BCUT2D eigenvalue weighted by Crippen LogP contribution is -2.52. The lowest BCUT2D eigenvalue weighted by atomic mass is 9.87. The molecule has 3 nitrogen and oxygen atoms in total. The molecule has 2 fully saturated rings. The molecule has 2 aliphatic rings. The van der Waals surface area contributed by atoms with Crippen LogP contribution in [0, 0.1) is 5.41 Å². The molecule has 1 amide bonds. The van der Waals surface area contributed by atoms with E-state index in [4.69, 9.17) is 4.74 Å². The molecule has 0 aromatic rings. The summed E-state index contributed by atoms with van der Waals surface area (Å²) in [7, 11) is 0. The minimum Gasteiger partial charge on any atom is -0.377 e. The average Bonchev–Trinajstić information content (AvgIpc) is 2.45. The van der Waals surface area contributed by atoms with Gasteiger partial charge in [0.25, 0.3) is 0 Å². The molecule has 1 aliphatic carbocycles. The Hall–Kier alpha value is -0.570. The molecule has 0 aromatic heterocycles. The van der Waals surface area contributed by atoms with Gasteiger partial charge in [-0.15, -0.1) is 0 Å². The third-order valence-electron chi connectivity index (χ3n) is 3.23. The summed E-state index contributed by atoms with van der Waals surface area (Å²) in [5.41, 5.74) is -0.0877. The fourth-order valence-electron chi connectivity index (χ4n) is 2.06. The predicted octanol–water partition coefficient (Wildman–Crippen LogP) is 1.08. The second kappa shape index (κ2) is 3.29. The van der Waals surface area contributed by atoms with Crippen molar-refractivity contribution in [2.45, 2.75) is 38.6 Å². The fourth-order valence-corrected chi connectivity index (χ4v) is 2.06. The predicted molar refractivity (Wildman–Crippen MR) is 49.3 cm³/mol. The standard InChI is InChI=1S/C10H17NO2/c1-10(4-2-3-5-10)9(12)11-8-6-13-7-8/h8H,2-7H2,1H3,(H,11,12). The first-order chi connectivity index (χ1) is 6.21. The van der Waals surface area contributed by atoms with Crippen LogP contribution in [-0.4, -0.2) is 25.2 Å². The Morgan fingerprint density at radius 3 is 2.46 bits per heavy atom. The van der Waals surface area contributed by atoms with Gasteiger partial charge in [-0.05, 0) is 12.8 Å². The molecule has 3 heteroatoms. The second-order valence-electron chi connectivity index (χ2n) is 4.48. The van der Waals surface area contributed by atoms with Gasteiger partial charge in [0.15, 0.2) is 0 Å². The smallest absolute Gasteiger partial charge is 0.226 e. The van der Waals surface area contributed by atoms with Crippen molar-refractivity contribution in [1.82, 2.24) is 5.32 Å². The van der Waals surface area contributed by atoms with Gasteiger partial charge in [-0.2, -0.15) is 0 Å². The van der Waals surface area contributed by atoms with Crippen molar-refractivity contribution in [2.75, 3.05) is 13.2 Å². The molecule has 1 aliphatic heterocycles. The molecular weight excluding hydrogens is 166 g/mol. The molecule has 0 aromatic carbocycles. The van der Waals surface area contributed by atoms with Crippen LogP contribution in [0.3, 0.4) is 0 Å². The first-order valence-corrected chi connectivity index (χ1v) is 5.09. The Morgan fingerprint density at radius 1 is 1.38 bits per heavy atom. The number of amides is 1. The molecule has 0 spiro atoms. The van der Waals surface area contributed by atoms with Gasteiger partial charge in [0, 0.05) is 5.41 Å². The largest absolute Gasteiger partial charge is 0.377 e. The Bertz CT molecular complexity index is 205. The lowest BCUT2D eigenvalue weighted by molar-refractivity contribution is -0.134. The van der Waals surface area contributed by atoms with Gasteiger partial charge in [-0.3, -0.25) is 4.79 Å². The van der Waals surface area contributed by atoms with Crippen LogP contribution in [0.25, 0.3) is 0 Å². The highest BCUT2D eigenvalue weighted by Gasteiger charge is 2.37. The highest BCUT2D eigenvalue weighted by Crippen LogP contribution is 2.37. The monoisotopic (exact) mass is 183 g/mol. The summed E-state index contributed by atoms with van der Waals surface area (Å²) in [6.45, 7) is 3.47. The molecule has 74 valence electrons. The number of carbonyl (C=O) groups excluding carboxylic acids is 1.